The molecule has 3 aliphatic heterocycles. The van der Waals surface area contributed by atoms with E-state index in [1.54, 1.807) is 6.92 Å². The maximum atomic E-state index is 12.5. The molecule has 0 aromatic rings. The molecule has 2 saturated carbocycles. The van der Waals surface area contributed by atoms with E-state index in [0.717, 1.165) is 0 Å². The zero-order chi connectivity index (χ0) is 16.8. The van der Waals surface area contributed by atoms with Crippen LogP contribution < -0.4 is 7.06 Å². The van der Waals surface area contributed by atoms with Gasteiger partial charge in [-0.3, -0.25) is 0 Å². The fourth-order valence-electron chi connectivity index (χ4n) is 4.49. The van der Waals surface area contributed by atoms with Crippen molar-refractivity contribution >= 4 is 60.9 Å². The van der Waals surface area contributed by atoms with Gasteiger partial charge < -0.3 is 0 Å². The summed E-state index contributed by atoms with van der Waals surface area (Å²) in [7, 11) is 0. The monoisotopic (exact) mass is 562 g/mol. The molecule has 7 unspecified atom stereocenters. The number of rotatable bonds is 5. The third-order valence-electron chi connectivity index (χ3n) is 5.60. The number of ether oxygens (including phenoxy) is 3. The van der Waals surface area contributed by atoms with Gasteiger partial charge in [0.25, 0.3) is 0 Å². The quantitative estimate of drug-likeness (QED) is 0.0933. The van der Waals surface area contributed by atoms with E-state index < -0.39 is 44.4 Å². The third-order valence-corrected chi connectivity index (χ3v) is 12.8. The van der Waals surface area contributed by atoms with Gasteiger partial charge in [-0.1, -0.05) is 0 Å². The third kappa shape index (κ3) is 1.99. The molecule has 7 atom stereocenters. The van der Waals surface area contributed by atoms with Crippen LogP contribution in [0.4, 0.5) is 0 Å². The van der Waals surface area contributed by atoms with Crippen LogP contribution >= 0.6 is 43.0 Å². The van der Waals surface area contributed by atoms with E-state index in [0.29, 0.717) is 6.42 Å². The molecular weight excluding hydrogens is 546 g/mol. The first-order valence-corrected chi connectivity index (χ1v) is 12.4. The van der Waals surface area contributed by atoms with E-state index >= 15 is 0 Å². The standard InChI is InChI=1S/C14H16I2N2O6/c1-2-22-11(19)6-4-3-5-7(6)12(20)23-8(5)9(4)24-13(21)10(15)14-16(17-14)18-14/h4-10,17-18H,2-3H2,1H3. The Kier molecular flexibility index (Phi) is 3.44. The van der Waals surface area contributed by atoms with Gasteiger partial charge in [0.2, 0.25) is 0 Å². The minimum atomic E-state index is -1.23. The SMILES string of the molecule is CCOC(=O)C1C2CC3C(OC(=O)C31)C2OC(=O)C(I)C12NI1N2. The van der Waals surface area contributed by atoms with E-state index in [4.69, 9.17) is 14.2 Å². The summed E-state index contributed by atoms with van der Waals surface area (Å²) >= 11 is 0.875. The van der Waals surface area contributed by atoms with Crippen molar-refractivity contribution in [2.24, 2.45) is 23.7 Å². The van der Waals surface area contributed by atoms with E-state index in [1.165, 1.54) is 0 Å². The summed E-state index contributed by atoms with van der Waals surface area (Å²) in [6, 6.07) is 0. The summed E-state index contributed by atoms with van der Waals surface area (Å²) < 4.78 is 22.5. The fraction of sp³-hybridized carbons (Fsp3) is 0.786. The van der Waals surface area contributed by atoms with Crippen LogP contribution in [0.5, 0.6) is 0 Å². The van der Waals surface area contributed by atoms with Gasteiger partial charge >= 0.3 is 160 Å². The number of hydrogen-bond acceptors (Lipinski definition) is 8. The summed E-state index contributed by atoms with van der Waals surface area (Å²) in [4.78, 5) is 37.0. The van der Waals surface area contributed by atoms with Crippen LogP contribution in [0, 0.1) is 23.7 Å². The number of halogens is 2. The second-order valence-corrected chi connectivity index (χ2v) is 12.4. The summed E-state index contributed by atoms with van der Waals surface area (Å²) in [5.74, 6) is -2.24. The number of esters is 3. The predicted octanol–water partition coefficient (Wildman–Crippen LogP) is 0.269. The molecule has 0 aromatic heterocycles. The molecule has 3 saturated heterocycles. The Balaban J connectivity index is 1.36. The van der Waals surface area contributed by atoms with Crippen molar-refractivity contribution in [2.45, 2.75) is 33.1 Å². The molecule has 0 aromatic carbocycles. The second-order valence-electron chi connectivity index (χ2n) is 6.72. The normalized spacial score (nSPS) is 44.6. The minimum absolute atomic E-state index is 0.0399. The molecular formula is C14H16I2N2O6. The molecule has 24 heavy (non-hydrogen) atoms. The summed E-state index contributed by atoms with van der Waals surface area (Å²) in [6.45, 7) is 2.01. The number of hydrogen-bond donors (Lipinski definition) is 2. The van der Waals surface area contributed by atoms with E-state index in [-0.39, 0.29) is 43.9 Å². The number of carbonyl (C=O) groups is 3. The number of nitrogens with one attached hydrogen (secondary N) is 2. The van der Waals surface area contributed by atoms with E-state index in [9.17, 15) is 14.4 Å². The van der Waals surface area contributed by atoms with Gasteiger partial charge in [-0.15, -0.1) is 0 Å². The molecule has 8 nitrogen and oxygen atoms in total. The molecule has 3 heterocycles. The number of fused-ring (bicyclic) bond motifs is 2. The van der Waals surface area contributed by atoms with Gasteiger partial charge in [0, 0.05) is 0 Å². The average Bonchev–Trinajstić information content (AvgIpc) is 3.28. The van der Waals surface area contributed by atoms with Gasteiger partial charge in [-0.25, -0.2) is 0 Å². The zero-order valence-corrected chi connectivity index (χ0v) is 17.0. The Labute approximate surface area is 159 Å². The Morgan fingerprint density at radius 2 is 2.17 bits per heavy atom. The Bertz CT molecular complexity index is 653. The molecule has 2 aliphatic carbocycles. The Hall–Kier alpha value is -0.210. The molecule has 10 heteroatoms. The zero-order valence-electron chi connectivity index (χ0n) is 12.7. The van der Waals surface area contributed by atoms with Gasteiger partial charge in [0.05, 0.1) is 0 Å². The molecule has 2 bridgehead atoms. The topological polar surface area (TPSA) is 123 Å². The van der Waals surface area contributed by atoms with Crippen LogP contribution in [0.3, 0.4) is 0 Å². The molecule has 5 fully saturated rings. The van der Waals surface area contributed by atoms with Crippen LogP contribution in [-0.2, 0) is 28.6 Å². The molecule has 5 rings (SSSR count). The maximum absolute atomic E-state index is 12.5. The van der Waals surface area contributed by atoms with Crippen molar-refractivity contribution in [1.29, 1.82) is 0 Å². The molecule has 132 valence electrons. The van der Waals surface area contributed by atoms with Crippen LogP contribution in [0.25, 0.3) is 0 Å². The average molecular weight is 562 g/mol. The van der Waals surface area contributed by atoms with Crippen LogP contribution in [0.1, 0.15) is 13.3 Å². The molecule has 0 amide bonds. The first kappa shape index (κ1) is 16.0. The van der Waals surface area contributed by atoms with Crippen molar-refractivity contribution in [3.63, 3.8) is 0 Å². The van der Waals surface area contributed by atoms with Gasteiger partial charge in [-0.05, 0) is 0 Å². The number of carbonyl (C=O) groups excluding carboxylic acids is 3. The van der Waals surface area contributed by atoms with Crippen molar-refractivity contribution < 1.29 is 28.6 Å². The van der Waals surface area contributed by atoms with E-state index in [2.05, 4.69) is 29.7 Å². The Morgan fingerprint density at radius 1 is 1.46 bits per heavy atom. The summed E-state index contributed by atoms with van der Waals surface area (Å²) in [5.41, 5.74) is 0. The van der Waals surface area contributed by atoms with Gasteiger partial charge in [0.15, 0.2) is 0 Å². The molecule has 0 radical (unpaired) electrons. The van der Waals surface area contributed by atoms with Crippen LogP contribution in [0.15, 0.2) is 0 Å². The van der Waals surface area contributed by atoms with Crippen molar-refractivity contribution in [1.82, 2.24) is 7.06 Å². The predicted molar refractivity (Wildman–Crippen MR) is 95.8 cm³/mol. The number of alkyl halides is 2. The van der Waals surface area contributed by atoms with Crippen molar-refractivity contribution in [3.05, 3.63) is 0 Å². The summed E-state index contributed by atoms with van der Waals surface area (Å²) in [5, 5.41) is 0. The van der Waals surface area contributed by atoms with Crippen LogP contribution in [0.2, 0.25) is 0 Å². The fourth-order valence-corrected chi connectivity index (χ4v) is 11.9. The molecule has 5 aliphatic rings. The second kappa shape index (κ2) is 5.16. The van der Waals surface area contributed by atoms with Gasteiger partial charge in [-0.2, -0.15) is 0 Å². The summed E-state index contributed by atoms with van der Waals surface area (Å²) in [6.07, 6.45) is -0.264. The van der Waals surface area contributed by atoms with Crippen molar-refractivity contribution in [3.8, 4) is 0 Å². The molecule has 2 N–H and O–H groups in total. The first-order chi connectivity index (χ1) is 11.5. The van der Waals surface area contributed by atoms with Gasteiger partial charge in [0.1, 0.15) is 0 Å². The van der Waals surface area contributed by atoms with E-state index in [1.807, 2.05) is 0 Å². The molecule has 0 spiro atoms. The van der Waals surface area contributed by atoms with Crippen LogP contribution in [-0.4, -0.2) is 44.3 Å². The Morgan fingerprint density at radius 3 is 2.79 bits per heavy atom. The first-order valence-electron chi connectivity index (χ1n) is 7.95. The van der Waals surface area contributed by atoms with Crippen molar-refractivity contribution in [2.75, 3.05) is 6.61 Å².